The van der Waals surface area contributed by atoms with Gasteiger partial charge in [-0.1, -0.05) is 6.07 Å². The summed E-state index contributed by atoms with van der Waals surface area (Å²) in [4.78, 5) is 7.76. The molecule has 3 aliphatic heterocycles. The van der Waals surface area contributed by atoms with Gasteiger partial charge in [-0.3, -0.25) is 4.90 Å². The molecule has 1 N–H and O–H groups in total. The van der Waals surface area contributed by atoms with E-state index in [1.54, 1.807) is 0 Å². The number of hydrogen-bond acceptors (Lipinski definition) is 4. The molecule has 0 amide bonds. The molecule has 1 aromatic rings. The molecule has 0 bridgehead atoms. The van der Waals surface area contributed by atoms with E-state index in [4.69, 9.17) is 0 Å². The summed E-state index contributed by atoms with van der Waals surface area (Å²) in [6, 6.07) is 7.85. The lowest BCUT2D eigenvalue weighted by molar-refractivity contribution is 0.0982. The lowest BCUT2D eigenvalue weighted by Crippen LogP contribution is -2.52. The molecule has 0 saturated carbocycles. The van der Waals surface area contributed by atoms with Gasteiger partial charge in [0.15, 0.2) is 0 Å². The standard InChI is InChI=1S/C18H28N4/c1-20-8-10-22(11-9-20)17-4-6-21(7-5-17)18-3-2-15-13-19-14-16(15)12-18/h2-3,12,17,19H,4-11,13-14H2,1H3. The van der Waals surface area contributed by atoms with Gasteiger partial charge in [-0.25, -0.2) is 0 Å². The third-order valence-corrected chi connectivity index (χ3v) is 5.70. The maximum atomic E-state index is 3.44. The number of benzene rings is 1. The predicted octanol–water partition coefficient (Wildman–Crippen LogP) is 1.51. The quantitative estimate of drug-likeness (QED) is 0.893. The van der Waals surface area contributed by atoms with Gasteiger partial charge >= 0.3 is 0 Å². The van der Waals surface area contributed by atoms with Gasteiger partial charge in [0, 0.05) is 64.1 Å². The molecule has 22 heavy (non-hydrogen) atoms. The zero-order chi connectivity index (χ0) is 14.9. The Bertz CT molecular complexity index is 514. The number of likely N-dealkylation sites (N-methyl/N-ethyl adjacent to an activating group) is 1. The van der Waals surface area contributed by atoms with Gasteiger partial charge in [-0.15, -0.1) is 0 Å². The molecule has 0 atom stereocenters. The summed E-state index contributed by atoms with van der Waals surface area (Å²) in [6.45, 7) is 9.49. The molecule has 0 aromatic heterocycles. The molecule has 2 fully saturated rings. The minimum atomic E-state index is 0.807. The van der Waals surface area contributed by atoms with Crippen LogP contribution in [0.1, 0.15) is 24.0 Å². The number of nitrogens with one attached hydrogen (secondary N) is 1. The van der Waals surface area contributed by atoms with E-state index in [0.717, 1.165) is 19.1 Å². The van der Waals surface area contributed by atoms with E-state index in [0.29, 0.717) is 0 Å². The van der Waals surface area contributed by atoms with Crippen molar-refractivity contribution >= 4 is 5.69 Å². The van der Waals surface area contributed by atoms with E-state index in [-0.39, 0.29) is 0 Å². The van der Waals surface area contributed by atoms with Gasteiger partial charge in [0.05, 0.1) is 0 Å². The molecular formula is C18H28N4. The minimum Gasteiger partial charge on any atom is -0.371 e. The Kier molecular flexibility index (Phi) is 4.07. The van der Waals surface area contributed by atoms with Crippen molar-refractivity contribution in [1.29, 1.82) is 0 Å². The van der Waals surface area contributed by atoms with Gasteiger partial charge in [0.1, 0.15) is 0 Å². The summed E-state index contributed by atoms with van der Waals surface area (Å²) in [5, 5.41) is 3.44. The molecule has 0 spiro atoms. The molecule has 120 valence electrons. The van der Waals surface area contributed by atoms with E-state index in [1.807, 2.05) is 0 Å². The summed E-state index contributed by atoms with van der Waals surface area (Å²) in [5.74, 6) is 0. The Morgan fingerprint density at radius 1 is 0.909 bits per heavy atom. The number of hydrogen-bond donors (Lipinski definition) is 1. The average molecular weight is 300 g/mol. The molecule has 0 aliphatic carbocycles. The van der Waals surface area contributed by atoms with E-state index in [2.05, 4.69) is 45.3 Å². The van der Waals surface area contributed by atoms with Crippen LogP contribution in [0.4, 0.5) is 5.69 Å². The van der Waals surface area contributed by atoms with Crippen LogP contribution in [0, 0.1) is 0 Å². The largest absolute Gasteiger partial charge is 0.371 e. The number of nitrogens with zero attached hydrogens (tertiary/aromatic N) is 3. The van der Waals surface area contributed by atoms with Crippen LogP contribution >= 0.6 is 0 Å². The number of fused-ring (bicyclic) bond motifs is 1. The van der Waals surface area contributed by atoms with Crippen molar-refractivity contribution in [2.75, 3.05) is 51.2 Å². The van der Waals surface area contributed by atoms with Crippen LogP contribution in [0.3, 0.4) is 0 Å². The molecular weight excluding hydrogens is 272 g/mol. The second-order valence-corrected chi connectivity index (χ2v) is 7.11. The van der Waals surface area contributed by atoms with Crippen molar-refractivity contribution < 1.29 is 0 Å². The van der Waals surface area contributed by atoms with Gasteiger partial charge in [-0.2, -0.15) is 0 Å². The number of piperidine rings is 1. The molecule has 3 aliphatic rings. The Labute approximate surface area is 134 Å². The van der Waals surface area contributed by atoms with Crippen molar-refractivity contribution in [2.45, 2.75) is 32.0 Å². The zero-order valence-corrected chi connectivity index (χ0v) is 13.7. The predicted molar refractivity (Wildman–Crippen MR) is 91.3 cm³/mol. The fraction of sp³-hybridized carbons (Fsp3) is 0.667. The van der Waals surface area contributed by atoms with Crippen LogP contribution in [0.5, 0.6) is 0 Å². The van der Waals surface area contributed by atoms with Crippen LogP contribution < -0.4 is 10.2 Å². The average Bonchev–Trinajstić information content (AvgIpc) is 3.03. The molecule has 4 rings (SSSR count). The van der Waals surface area contributed by atoms with Crippen LogP contribution in [0.15, 0.2) is 18.2 Å². The van der Waals surface area contributed by atoms with Gasteiger partial charge < -0.3 is 15.1 Å². The van der Waals surface area contributed by atoms with Crippen molar-refractivity contribution in [3.63, 3.8) is 0 Å². The lowest BCUT2D eigenvalue weighted by Gasteiger charge is -2.42. The topological polar surface area (TPSA) is 21.8 Å². The second-order valence-electron chi connectivity index (χ2n) is 7.11. The van der Waals surface area contributed by atoms with Gasteiger partial charge in [-0.05, 0) is 43.1 Å². The van der Waals surface area contributed by atoms with Crippen molar-refractivity contribution in [1.82, 2.24) is 15.1 Å². The summed E-state index contributed by atoms with van der Waals surface area (Å²) < 4.78 is 0. The molecule has 0 radical (unpaired) electrons. The highest BCUT2D eigenvalue weighted by atomic mass is 15.3. The molecule has 4 nitrogen and oxygen atoms in total. The third-order valence-electron chi connectivity index (χ3n) is 5.70. The van der Waals surface area contributed by atoms with E-state index >= 15 is 0 Å². The first-order valence-electron chi connectivity index (χ1n) is 8.80. The number of rotatable bonds is 2. The fourth-order valence-corrected chi connectivity index (χ4v) is 4.15. The first-order valence-corrected chi connectivity index (χ1v) is 8.80. The molecule has 3 heterocycles. The number of anilines is 1. The lowest BCUT2D eigenvalue weighted by atomic mass is 10.0. The van der Waals surface area contributed by atoms with Crippen LogP contribution in [0.25, 0.3) is 0 Å². The third kappa shape index (κ3) is 2.87. The number of piperazine rings is 1. The van der Waals surface area contributed by atoms with E-state index in [1.165, 1.54) is 68.9 Å². The molecule has 0 unspecified atom stereocenters. The van der Waals surface area contributed by atoms with Crippen molar-refractivity contribution in [3.8, 4) is 0 Å². The molecule has 1 aromatic carbocycles. The highest BCUT2D eigenvalue weighted by molar-refractivity contribution is 5.52. The first-order chi connectivity index (χ1) is 10.8. The van der Waals surface area contributed by atoms with Gasteiger partial charge in [0.2, 0.25) is 0 Å². The molecule has 2 saturated heterocycles. The maximum Gasteiger partial charge on any atom is 0.0369 e. The fourth-order valence-electron chi connectivity index (χ4n) is 4.15. The Balaban J connectivity index is 1.35. The SMILES string of the molecule is CN1CCN(C2CCN(c3ccc4c(c3)CNC4)CC2)CC1. The summed E-state index contributed by atoms with van der Waals surface area (Å²) in [6.07, 6.45) is 2.64. The highest BCUT2D eigenvalue weighted by Crippen LogP contribution is 2.27. The maximum absolute atomic E-state index is 3.44. The second kappa shape index (κ2) is 6.19. The summed E-state index contributed by atoms with van der Waals surface area (Å²) in [7, 11) is 2.24. The first kappa shape index (κ1) is 14.5. The van der Waals surface area contributed by atoms with Gasteiger partial charge in [0.25, 0.3) is 0 Å². The Hall–Kier alpha value is -1.10. The molecule has 4 heteroatoms. The van der Waals surface area contributed by atoms with Crippen LogP contribution in [-0.2, 0) is 13.1 Å². The monoisotopic (exact) mass is 300 g/mol. The zero-order valence-electron chi connectivity index (χ0n) is 13.7. The van der Waals surface area contributed by atoms with E-state index in [9.17, 15) is 0 Å². The Morgan fingerprint density at radius 3 is 2.41 bits per heavy atom. The van der Waals surface area contributed by atoms with Crippen LogP contribution in [0.2, 0.25) is 0 Å². The van der Waals surface area contributed by atoms with E-state index < -0.39 is 0 Å². The smallest absolute Gasteiger partial charge is 0.0369 e. The Morgan fingerprint density at radius 2 is 1.64 bits per heavy atom. The normalized spacial score (nSPS) is 24.7. The van der Waals surface area contributed by atoms with Crippen molar-refractivity contribution in [2.24, 2.45) is 0 Å². The minimum absolute atomic E-state index is 0.807. The van der Waals surface area contributed by atoms with Crippen LogP contribution in [-0.4, -0.2) is 62.2 Å². The van der Waals surface area contributed by atoms with Crippen molar-refractivity contribution in [3.05, 3.63) is 29.3 Å². The summed E-state index contributed by atoms with van der Waals surface area (Å²) in [5.41, 5.74) is 4.41. The summed E-state index contributed by atoms with van der Waals surface area (Å²) >= 11 is 0. The highest BCUT2D eigenvalue weighted by Gasteiger charge is 2.27.